The number of benzene rings is 1. The van der Waals surface area contributed by atoms with Crippen molar-refractivity contribution in [1.82, 2.24) is 0 Å². The Hall–Kier alpha value is -1.38. The molecule has 1 saturated carbocycles. The van der Waals surface area contributed by atoms with Crippen molar-refractivity contribution in [2.45, 2.75) is 31.1 Å². The van der Waals surface area contributed by atoms with E-state index in [0.717, 1.165) is 36.8 Å². The van der Waals surface area contributed by atoms with Gasteiger partial charge >= 0.3 is 5.97 Å². The minimum atomic E-state index is -0.586. The fourth-order valence-corrected chi connectivity index (χ4v) is 2.76. The lowest BCUT2D eigenvalue weighted by Crippen LogP contribution is -2.07. The number of carbonyl (C=O) groups is 1. The standard InChI is InChI=1S/C13H13FO2/c1-16-12(15)9-6-8-2-3-13(4-5-13)10(8)7-11(9)14/h6-7H,2-5H2,1H3. The zero-order chi connectivity index (χ0) is 11.3. The predicted molar refractivity (Wildman–Crippen MR) is 57.0 cm³/mol. The van der Waals surface area contributed by atoms with Gasteiger partial charge in [0.15, 0.2) is 0 Å². The smallest absolute Gasteiger partial charge is 0.340 e. The van der Waals surface area contributed by atoms with Crippen LogP contribution in [0.4, 0.5) is 4.39 Å². The molecule has 1 aromatic rings. The van der Waals surface area contributed by atoms with Gasteiger partial charge in [0.2, 0.25) is 0 Å². The zero-order valence-corrected chi connectivity index (χ0v) is 9.18. The highest BCUT2D eigenvalue weighted by Crippen LogP contribution is 2.56. The molecule has 0 bridgehead atoms. The average molecular weight is 220 g/mol. The summed E-state index contributed by atoms with van der Waals surface area (Å²) in [5.74, 6) is -1.03. The maximum atomic E-state index is 13.8. The molecule has 16 heavy (non-hydrogen) atoms. The molecule has 3 rings (SSSR count). The van der Waals surface area contributed by atoms with Crippen LogP contribution in [-0.2, 0) is 16.6 Å². The molecule has 3 heteroatoms. The van der Waals surface area contributed by atoms with Crippen LogP contribution >= 0.6 is 0 Å². The molecule has 0 aliphatic heterocycles. The molecule has 1 aromatic carbocycles. The van der Waals surface area contributed by atoms with E-state index in [-0.39, 0.29) is 11.0 Å². The minimum absolute atomic E-state index is 0.0685. The topological polar surface area (TPSA) is 26.3 Å². The lowest BCUT2D eigenvalue weighted by molar-refractivity contribution is 0.0595. The summed E-state index contributed by atoms with van der Waals surface area (Å²) in [6, 6.07) is 3.21. The largest absolute Gasteiger partial charge is 0.465 e. The average Bonchev–Trinajstić information content (AvgIpc) is 2.98. The first-order valence-corrected chi connectivity index (χ1v) is 5.57. The molecule has 84 valence electrons. The van der Waals surface area contributed by atoms with Crippen molar-refractivity contribution in [2.75, 3.05) is 7.11 Å². The van der Waals surface area contributed by atoms with E-state index in [1.54, 1.807) is 12.1 Å². The second kappa shape index (κ2) is 3.06. The van der Waals surface area contributed by atoms with Crippen LogP contribution in [0.25, 0.3) is 0 Å². The van der Waals surface area contributed by atoms with Gasteiger partial charge in [-0.25, -0.2) is 9.18 Å². The van der Waals surface area contributed by atoms with Gasteiger partial charge in [-0.1, -0.05) is 0 Å². The van der Waals surface area contributed by atoms with Crippen LogP contribution in [-0.4, -0.2) is 13.1 Å². The van der Waals surface area contributed by atoms with Crippen LogP contribution in [0.1, 0.15) is 40.7 Å². The highest BCUT2D eigenvalue weighted by molar-refractivity contribution is 5.90. The lowest BCUT2D eigenvalue weighted by Gasteiger charge is -2.09. The van der Waals surface area contributed by atoms with Crippen molar-refractivity contribution >= 4 is 5.97 Å². The summed E-state index contributed by atoms with van der Waals surface area (Å²) in [6.45, 7) is 0. The highest BCUT2D eigenvalue weighted by atomic mass is 19.1. The molecule has 2 aliphatic carbocycles. The van der Waals surface area contributed by atoms with E-state index in [0.29, 0.717) is 0 Å². The molecule has 1 fully saturated rings. The summed E-state index contributed by atoms with van der Waals surface area (Å²) < 4.78 is 18.3. The number of fused-ring (bicyclic) bond motifs is 2. The molecular formula is C13H13FO2. The highest BCUT2D eigenvalue weighted by Gasteiger charge is 2.48. The molecular weight excluding hydrogens is 207 g/mol. The molecule has 2 aliphatic rings. The van der Waals surface area contributed by atoms with Gasteiger partial charge in [0.1, 0.15) is 5.82 Å². The Bertz CT molecular complexity index is 475. The zero-order valence-electron chi connectivity index (χ0n) is 9.18. The third-order valence-corrected chi connectivity index (χ3v) is 3.90. The van der Waals surface area contributed by atoms with Crippen molar-refractivity contribution < 1.29 is 13.9 Å². The Morgan fingerprint density at radius 1 is 1.38 bits per heavy atom. The molecule has 0 unspecified atom stereocenters. The van der Waals surface area contributed by atoms with Crippen LogP contribution in [0.2, 0.25) is 0 Å². The maximum absolute atomic E-state index is 13.8. The van der Waals surface area contributed by atoms with E-state index in [9.17, 15) is 9.18 Å². The summed E-state index contributed by atoms with van der Waals surface area (Å²) in [5, 5.41) is 0. The monoisotopic (exact) mass is 220 g/mol. The number of halogens is 1. The number of esters is 1. The Morgan fingerprint density at radius 3 is 2.75 bits per heavy atom. The number of hydrogen-bond acceptors (Lipinski definition) is 2. The van der Waals surface area contributed by atoms with Gasteiger partial charge in [0, 0.05) is 0 Å². The number of methoxy groups -OCH3 is 1. The first kappa shape index (κ1) is 9.82. The number of aryl methyl sites for hydroxylation is 1. The maximum Gasteiger partial charge on any atom is 0.340 e. The lowest BCUT2D eigenvalue weighted by atomic mass is 9.97. The number of hydrogen-bond donors (Lipinski definition) is 0. The second-order valence-corrected chi connectivity index (χ2v) is 4.76. The Kier molecular flexibility index (Phi) is 1.88. The first-order chi connectivity index (χ1) is 7.66. The van der Waals surface area contributed by atoms with Crippen molar-refractivity contribution in [3.63, 3.8) is 0 Å². The van der Waals surface area contributed by atoms with Crippen LogP contribution in [0.3, 0.4) is 0 Å². The minimum Gasteiger partial charge on any atom is -0.465 e. The molecule has 0 radical (unpaired) electrons. The summed E-state index contributed by atoms with van der Waals surface area (Å²) in [5.41, 5.74) is 2.57. The molecule has 0 atom stereocenters. The van der Waals surface area contributed by atoms with E-state index in [1.165, 1.54) is 7.11 Å². The normalized spacial score (nSPS) is 19.6. The van der Waals surface area contributed by atoms with Gasteiger partial charge in [0.25, 0.3) is 0 Å². The quantitative estimate of drug-likeness (QED) is 0.680. The van der Waals surface area contributed by atoms with Crippen LogP contribution in [0.5, 0.6) is 0 Å². The SMILES string of the molecule is COC(=O)c1cc2c(cc1F)C1(CC2)CC1. The van der Waals surface area contributed by atoms with Gasteiger partial charge in [-0.2, -0.15) is 0 Å². The molecule has 2 nitrogen and oxygen atoms in total. The van der Waals surface area contributed by atoms with Gasteiger partial charge in [-0.15, -0.1) is 0 Å². The number of ether oxygens (including phenoxy) is 1. The fourth-order valence-electron chi connectivity index (χ4n) is 2.76. The van der Waals surface area contributed by atoms with Crippen molar-refractivity contribution in [3.8, 4) is 0 Å². The van der Waals surface area contributed by atoms with Gasteiger partial charge in [-0.05, 0) is 54.4 Å². The Balaban J connectivity index is 2.10. The van der Waals surface area contributed by atoms with E-state index in [4.69, 9.17) is 0 Å². The van der Waals surface area contributed by atoms with Gasteiger partial charge < -0.3 is 4.74 Å². The van der Waals surface area contributed by atoms with Crippen LogP contribution < -0.4 is 0 Å². The molecule has 1 spiro atoms. The van der Waals surface area contributed by atoms with Crippen molar-refractivity contribution in [3.05, 3.63) is 34.6 Å². The van der Waals surface area contributed by atoms with Crippen LogP contribution in [0.15, 0.2) is 12.1 Å². The Labute approximate surface area is 93.4 Å². The van der Waals surface area contributed by atoms with Crippen LogP contribution in [0, 0.1) is 5.82 Å². The van der Waals surface area contributed by atoms with Crippen molar-refractivity contribution in [1.29, 1.82) is 0 Å². The van der Waals surface area contributed by atoms with E-state index < -0.39 is 11.8 Å². The molecule has 0 N–H and O–H groups in total. The predicted octanol–water partition coefficient (Wildman–Crippen LogP) is 2.59. The van der Waals surface area contributed by atoms with E-state index in [2.05, 4.69) is 4.74 Å². The first-order valence-electron chi connectivity index (χ1n) is 5.57. The molecule has 0 aromatic heterocycles. The second-order valence-electron chi connectivity index (χ2n) is 4.76. The fraction of sp³-hybridized carbons (Fsp3) is 0.462. The summed E-state index contributed by atoms with van der Waals surface area (Å²) >= 11 is 0. The molecule has 0 heterocycles. The van der Waals surface area contributed by atoms with Gasteiger partial charge in [0.05, 0.1) is 12.7 Å². The summed E-state index contributed by atoms with van der Waals surface area (Å²) in [7, 11) is 1.28. The number of rotatable bonds is 1. The van der Waals surface area contributed by atoms with Crippen molar-refractivity contribution in [2.24, 2.45) is 0 Å². The summed E-state index contributed by atoms with van der Waals surface area (Å²) in [6.07, 6.45) is 4.39. The van der Waals surface area contributed by atoms with E-state index >= 15 is 0 Å². The third kappa shape index (κ3) is 1.20. The number of carbonyl (C=O) groups excluding carboxylic acids is 1. The molecule has 0 saturated heterocycles. The van der Waals surface area contributed by atoms with E-state index in [1.807, 2.05) is 0 Å². The third-order valence-electron chi connectivity index (χ3n) is 3.90. The molecule has 0 amide bonds. The van der Waals surface area contributed by atoms with Gasteiger partial charge in [-0.3, -0.25) is 0 Å². The Morgan fingerprint density at radius 2 is 2.12 bits per heavy atom. The summed E-state index contributed by atoms with van der Waals surface area (Å²) in [4.78, 5) is 11.3.